The van der Waals surface area contributed by atoms with Crippen LogP contribution in [-0.2, 0) is 13.0 Å². The van der Waals surface area contributed by atoms with Crippen LogP contribution >= 0.6 is 0 Å². The number of rotatable bonds is 2. The van der Waals surface area contributed by atoms with Gasteiger partial charge in [-0.15, -0.1) is 0 Å². The Morgan fingerprint density at radius 1 is 1.60 bits per heavy atom. The Morgan fingerprint density at radius 2 is 2.33 bits per heavy atom. The van der Waals surface area contributed by atoms with Crippen LogP contribution in [0.2, 0.25) is 0 Å². The van der Waals surface area contributed by atoms with Crippen molar-refractivity contribution >= 4 is 5.97 Å². The van der Waals surface area contributed by atoms with Gasteiger partial charge in [0.25, 0.3) is 0 Å². The van der Waals surface area contributed by atoms with Gasteiger partial charge in [-0.05, 0) is 20.3 Å². The number of fused-ring (bicyclic) bond motifs is 1. The lowest BCUT2D eigenvalue weighted by Gasteiger charge is -2.29. The van der Waals surface area contributed by atoms with Crippen molar-refractivity contribution in [2.45, 2.75) is 32.9 Å². The third-order valence-electron chi connectivity index (χ3n) is 2.90. The van der Waals surface area contributed by atoms with Crippen LogP contribution in [0.3, 0.4) is 0 Å². The summed E-state index contributed by atoms with van der Waals surface area (Å²) >= 11 is 0. The molecule has 0 radical (unpaired) electrons. The van der Waals surface area contributed by atoms with Gasteiger partial charge < -0.3 is 5.11 Å². The maximum atomic E-state index is 10.9. The zero-order valence-electron chi connectivity index (χ0n) is 8.95. The summed E-state index contributed by atoms with van der Waals surface area (Å²) in [7, 11) is 0. The number of aromatic amines is 1. The second-order valence-electron chi connectivity index (χ2n) is 4.15. The van der Waals surface area contributed by atoms with Crippen LogP contribution in [0.15, 0.2) is 0 Å². The van der Waals surface area contributed by atoms with Gasteiger partial charge in [0, 0.05) is 24.7 Å². The van der Waals surface area contributed by atoms with Crippen molar-refractivity contribution in [3.63, 3.8) is 0 Å². The van der Waals surface area contributed by atoms with E-state index in [4.69, 9.17) is 5.11 Å². The Bertz CT molecular complexity index is 384. The number of hydrogen-bond donors (Lipinski definition) is 2. The van der Waals surface area contributed by atoms with Crippen LogP contribution in [0.1, 0.15) is 35.6 Å². The summed E-state index contributed by atoms with van der Waals surface area (Å²) in [5.74, 6) is -0.939. The van der Waals surface area contributed by atoms with Crippen molar-refractivity contribution in [1.82, 2.24) is 15.1 Å². The molecule has 0 aromatic carbocycles. The van der Waals surface area contributed by atoms with Crippen LogP contribution < -0.4 is 0 Å². The first-order valence-electron chi connectivity index (χ1n) is 5.13. The third-order valence-corrected chi connectivity index (χ3v) is 2.90. The summed E-state index contributed by atoms with van der Waals surface area (Å²) < 4.78 is 0. The average molecular weight is 209 g/mol. The molecule has 0 bridgehead atoms. The quantitative estimate of drug-likeness (QED) is 0.758. The Morgan fingerprint density at radius 3 is 2.93 bits per heavy atom. The summed E-state index contributed by atoms with van der Waals surface area (Å²) in [4.78, 5) is 13.2. The van der Waals surface area contributed by atoms with E-state index in [1.165, 1.54) is 0 Å². The molecule has 2 heterocycles. The monoisotopic (exact) mass is 209 g/mol. The normalized spacial score (nSPS) is 16.7. The van der Waals surface area contributed by atoms with Gasteiger partial charge in [-0.25, -0.2) is 4.79 Å². The van der Waals surface area contributed by atoms with Gasteiger partial charge in [0.15, 0.2) is 5.69 Å². The molecule has 1 aromatic rings. The highest BCUT2D eigenvalue weighted by Gasteiger charge is 2.25. The molecule has 0 saturated heterocycles. The lowest BCUT2D eigenvalue weighted by atomic mass is 10.0. The van der Waals surface area contributed by atoms with Crippen molar-refractivity contribution in [1.29, 1.82) is 0 Å². The van der Waals surface area contributed by atoms with Gasteiger partial charge in [-0.1, -0.05) is 0 Å². The van der Waals surface area contributed by atoms with Crippen molar-refractivity contribution < 1.29 is 9.90 Å². The van der Waals surface area contributed by atoms with Gasteiger partial charge in [-0.2, -0.15) is 5.10 Å². The van der Waals surface area contributed by atoms with Gasteiger partial charge in [0.2, 0.25) is 0 Å². The highest BCUT2D eigenvalue weighted by Crippen LogP contribution is 2.21. The SMILES string of the molecule is CC(C)N1CCc2c(C(=O)O)n[nH]c2C1. The summed E-state index contributed by atoms with van der Waals surface area (Å²) in [5.41, 5.74) is 2.01. The Kier molecular flexibility index (Phi) is 2.48. The van der Waals surface area contributed by atoms with E-state index in [1.807, 2.05) is 0 Å². The number of nitrogens with zero attached hydrogens (tertiary/aromatic N) is 2. The standard InChI is InChI=1S/C10H15N3O2/c1-6(2)13-4-3-7-8(5-13)11-12-9(7)10(14)15/h6H,3-5H2,1-2H3,(H,11,12)(H,14,15). The molecule has 1 aliphatic rings. The molecule has 0 atom stereocenters. The van der Waals surface area contributed by atoms with E-state index < -0.39 is 5.97 Å². The van der Waals surface area contributed by atoms with Crippen molar-refractivity contribution in [2.24, 2.45) is 0 Å². The number of nitrogens with one attached hydrogen (secondary N) is 1. The largest absolute Gasteiger partial charge is 0.476 e. The van der Waals surface area contributed by atoms with E-state index in [9.17, 15) is 4.79 Å². The molecule has 0 spiro atoms. The molecule has 1 aromatic heterocycles. The van der Waals surface area contributed by atoms with Crippen LogP contribution in [0.5, 0.6) is 0 Å². The van der Waals surface area contributed by atoms with Crippen molar-refractivity contribution in [2.75, 3.05) is 6.54 Å². The second kappa shape index (κ2) is 3.66. The smallest absolute Gasteiger partial charge is 0.356 e. The van der Waals surface area contributed by atoms with E-state index in [1.54, 1.807) is 0 Å². The number of H-pyrrole nitrogens is 1. The lowest BCUT2D eigenvalue weighted by Crippen LogP contribution is -2.36. The van der Waals surface area contributed by atoms with Crippen LogP contribution in [0, 0.1) is 0 Å². The minimum atomic E-state index is -0.939. The third kappa shape index (κ3) is 1.74. The van der Waals surface area contributed by atoms with E-state index in [-0.39, 0.29) is 5.69 Å². The number of carboxylic acid groups (broad SMARTS) is 1. The summed E-state index contributed by atoms with van der Waals surface area (Å²) in [5, 5.41) is 15.6. The molecule has 5 nitrogen and oxygen atoms in total. The number of aromatic carboxylic acids is 1. The molecule has 1 aliphatic heterocycles. The fraction of sp³-hybridized carbons (Fsp3) is 0.600. The molecule has 82 valence electrons. The van der Waals surface area contributed by atoms with Crippen LogP contribution in [0.4, 0.5) is 0 Å². The average Bonchev–Trinajstić information content (AvgIpc) is 2.59. The van der Waals surface area contributed by atoms with Gasteiger partial charge in [-0.3, -0.25) is 10.00 Å². The van der Waals surface area contributed by atoms with Crippen molar-refractivity contribution in [3.8, 4) is 0 Å². The lowest BCUT2D eigenvalue weighted by molar-refractivity contribution is 0.0688. The zero-order chi connectivity index (χ0) is 11.0. The molecule has 0 amide bonds. The first kappa shape index (κ1) is 10.2. The highest BCUT2D eigenvalue weighted by atomic mass is 16.4. The first-order valence-corrected chi connectivity index (χ1v) is 5.13. The Balaban J connectivity index is 2.26. The second-order valence-corrected chi connectivity index (χ2v) is 4.15. The molecular weight excluding hydrogens is 194 g/mol. The fourth-order valence-electron chi connectivity index (χ4n) is 1.96. The van der Waals surface area contributed by atoms with E-state index in [0.29, 0.717) is 6.04 Å². The topological polar surface area (TPSA) is 69.2 Å². The first-order chi connectivity index (χ1) is 7.09. The molecule has 5 heteroatoms. The molecule has 0 unspecified atom stereocenters. The summed E-state index contributed by atoms with van der Waals surface area (Å²) in [6.07, 6.45) is 0.769. The minimum Gasteiger partial charge on any atom is -0.476 e. The Labute approximate surface area is 88.1 Å². The van der Waals surface area contributed by atoms with E-state index in [0.717, 1.165) is 30.8 Å². The van der Waals surface area contributed by atoms with E-state index in [2.05, 4.69) is 28.9 Å². The molecule has 2 N–H and O–H groups in total. The maximum Gasteiger partial charge on any atom is 0.356 e. The maximum absolute atomic E-state index is 10.9. The van der Waals surface area contributed by atoms with Gasteiger partial charge in [0.05, 0.1) is 5.69 Å². The highest BCUT2D eigenvalue weighted by molar-refractivity contribution is 5.87. The summed E-state index contributed by atoms with van der Waals surface area (Å²) in [6, 6.07) is 0.481. The molecular formula is C10H15N3O2. The van der Waals surface area contributed by atoms with E-state index >= 15 is 0 Å². The van der Waals surface area contributed by atoms with Gasteiger partial charge in [0.1, 0.15) is 0 Å². The summed E-state index contributed by atoms with van der Waals surface area (Å²) in [6.45, 7) is 5.96. The Hall–Kier alpha value is -1.36. The van der Waals surface area contributed by atoms with Crippen LogP contribution in [0.25, 0.3) is 0 Å². The van der Waals surface area contributed by atoms with Crippen LogP contribution in [-0.4, -0.2) is 38.8 Å². The number of aromatic nitrogens is 2. The predicted octanol–water partition coefficient (Wildman–Crippen LogP) is 0.874. The molecule has 15 heavy (non-hydrogen) atoms. The number of carboxylic acids is 1. The predicted molar refractivity (Wildman–Crippen MR) is 54.8 cm³/mol. The number of carbonyl (C=O) groups is 1. The zero-order valence-corrected chi connectivity index (χ0v) is 8.95. The number of hydrogen-bond acceptors (Lipinski definition) is 3. The molecule has 0 fully saturated rings. The minimum absolute atomic E-state index is 0.188. The molecule has 2 rings (SSSR count). The molecule has 0 saturated carbocycles. The molecule has 0 aliphatic carbocycles. The van der Waals surface area contributed by atoms with Gasteiger partial charge >= 0.3 is 5.97 Å². The van der Waals surface area contributed by atoms with Crippen molar-refractivity contribution in [3.05, 3.63) is 17.0 Å². The fourth-order valence-corrected chi connectivity index (χ4v) is 1.96.